The van der Waals surface area contributed by atoms with Gasteiger partial charge in [-0.25, -0.2) is 4.98 Å². The summed E-state index contributed by atoms with van der Waals surface area (Å²) in [4.78, 5) is 16.4. The van der Waals surface area contributed by atoms with Gasteiger partial charge in [0.2, 0.25) is 11.9 Å². The molecule has 0 radical (unpaired) electrons. The lowest BCUT2D eigenvalue weighted by Gasteiger charge is -2.25. The Morgan fingerprint density at radius 2 is 1.95 bits per heavy atom. The SMILES string of the molecule is CC(C)(C)[C@H](N)C(=O)Nc1nccn1Cc1ccccc1.Cl. The van der Waals surface area contributed by atoms with Crippen LogP contribution in [0.1, 0.15) is 26.3 Å². The Kier molecular flexibility index (Phi) is 6.14. The van der Waals surface area contributed by atoms with E-state index in [-0.39, 0.29) is 23.7 Å². The van der Waals surface area contributed by atoms with E-state index in [1.54, 1.807) is 6.20 Å². The highest BCUT2D eigenvalue weighted by atomic mass is 35.5. The van der Waals surface area contributed by atoms with E-state index >= 15 is 0 Å². The average Bonchev–Trinajstić information content (AvgIpc) is 2.85. The molecule has 1 heterocycles. The third-order valence-corrected chi connectivity index (χ3v) is 3.36. The normalized spacial score (nSPS) is 12.4. The van der Waals surface area contributed by atoms with Crippen molar-refractivity contribution in [1.29, 1.82) is 0 Å². The molecule has 0 saturated heterocycles. The fourth-order valence-electron chi connectivity index (χ4n) is 1.92. The summed E-state index contributed by atoms with van der Waals surface area (Å²) in [5, 5.41) is 2.81. The molecular weight excluding hydrogens is 300 g/mol. The van der Waals surface area contributed by atoms with Gasteiger partial charge in [0.25, 0.3) is 0 Å². The standard InChI is InChI=1S/C16H22N4O.ClH/c1-16(2,3)13(17)14(21)19-15-18-9-10-20(15)11-12-7-5-4-6-8-12;/h4-10,13H,11,17H2,1-3H3,(H,18,19,21);1H/t13-;/m1./s1. The maximum atomic E-state index is 12.2. The van der Waals surface area contributed by atoms with Crippen LogP contribution < -0.4 is 11.1 Å². The van der Waals surface area contributed by atoms with Crippen molar-refractivity contribution in [3.63, 3.8) is 0 Å². The number of nitrogens with zero attached hydrogens (tertiary/aromatic N) is 2. The lowest BCUT2D eigenvalue weighted by Crippen LogP contribution is -2.45. The number of amides is 1. The summed E-state index contributed by atoms with van der Waals surface area (Å²) in [6.45, 7) is 6.47. The number of halogens is 1. The first-order valence-electron chi connectivity index (χ1n) is 6.99. The summed E-state index contributed by atoms with van der Waals surface area (Å²) in [5.74, 6) is 0.298. The third-order valence-electron chi connectivity index (χ3n) is 3.36. The van der Waals surface area contributed by atoms with Gasteiger partial charge in [0.1, 0.15) is 0 Å². The number of nitrogens with one attached hydrogen (secondary N) is 1. The summed E-state index contributed by atoms with van der Waals surface area (Å²) in [6.07, 6.45) is 3.51. The van der Waals surface area contributed by atoms with Crippen molar-refractivity contribution >= 4 is 24.3 Å². The number of imidazole rings is 1. The molecule has 1 atom stereocenters. The predicted octanol–water partition coefficient (Wildman–Crippen LogP) is 2.67. The van der Waals surface area contributed by atoms with E-state index in [0.29, 0.717) is 12.5 Å². The van der Waals surface area contributed by atoms with Crippen molar-refractivity contribution in [2.75, 3.05) is 5.32 Å². The van der Waals surface area contributed by atoms with Crippen LogP contribution >= 0.6 is 12.4 Å². The molecule has 5 nitrogen and oxygen atoms in total. The molecule has 2 rings (SSSR count). The number of carbonyl (C=O) groups excluding carboxylic acids is 1. The van der Waals surface area contributed by atoms with Crippen LogP contribution in [0.15, 0.2) is 42.7 Å². The van der Waals surface area contributed by atoms with Crippen molar-refractivity contribution in [3.8, 4) is 0 Å². The molecule has 0 bridgehead atoms. The first-order valence-corrected chi connectivity index (χ1v) is 6.99. The summed E-state index contributed by atoms with van der Waals surface area (Å²) in [5.41, 5.74) is 6.82. The van der Waals surface area contributed by atoms with Crippen molar-refractivity contribution < 1.29 is 4.79 Å². The third kappa shape index (κ3) is 4.58. The molecule has 1 aromatic carbocycles. The molecule has 1 amide bonds. The van der Waals surface area contributed by atoms with Gasteiger partial charge in [0, 0.05) is 12.4 Å². The monoisotopic (exact) mass is 322 g/mol. The van der Waals surface area contributed by atoms with Gasteiger partial charge < -0.3 is 10.3 Å². The summed E-state index contributed by atoms with van der Waals surface area (Å²) in [6, 6.07) is 9.43. The van der Waals surface area contributed by atoms with Crippen LogP contribution in [0.5, 0.6) is 0 Å². The topological polar surface area (TPSA) is 72.9 Å². The van der Waals surface area contributed by atoms with Gasteiger partial charge in [-0.1, -0.05) is 51.1 Å². The Hall–Kier alpha value is -1.85. The Balaban J connectivity index is 0.00000242. The molecule has 2 aromatic rings. The number of anilines is 1. The van der Waals surface area contributed by atoms with E-state index in [1.807, 2.05) is 61.9 Å². The second-order valence-corrected chi connectivity index (χ2v) is 6.20. The summed E-state index contributed by atoms with van der Waals surface area (Å²) < 4.78 is 1.89. The number of aromatic nitrogens is 2. The van der Waals surface area contributed by atoms with E-state index < -0.39 is 6.04 Å². The molecule has 120 valence electrons. The molecule has 0 aliphatic heterocycles. The Morgan fingerprint density at radius 3 is 2.55 bits per heavy atom. The van der Waals surface area contributed by atoms with Crippen molar-refractivity contribution in [3.05, 3.63) is 48.3 Å². The first kappa shape index (κ1) is 18.2. The lowest BCUT2D eigenvalue weighted by molar-refractivity contribution is -0.119. The summed E-state index contributed by atoms with van der Waals surface area (Å²) in [7, 11) is 0. The number of carbonyl (C=O) groups is 1. The minimum absolute atomic E-state index is 0. The van der Waals surface area contributed by atoms with Gasteiger partial charge in [-0.3, -0.25) is 10.1 Å². The number of hydrogen-bond acceptors (Lipinski definition) is 3. The highest BCUT2D eigenvalue weighted by molar-refractivity contribution is 5.93. The van der Waals surface area contributed by atoms with Crippen LogP contribution in [0, 0.1) is 5.41 Å². The van der Waals surface area contributed by atoms with Crippen LogP contribution in [0.3, 0.4) is 0 Å². The molecule has 3 N–H and O–H groups in total. The van der Waals surface area contributed by atoms with Crippen LogP contribution in [-0.2, 0) is 11.3 Å². The van der Waals surface area contributed by atoms with Crippen LogP contribution in [-0.4, -0.2) is 21.5 Å². The van der Waals surface area contributed by atoms with Crippen LogP contribution in [0.25, 0.3) is 0 Å². The highest BCUT2D eigenvalue weighted by Gasteiger charge is 2.28. The van der Waals surface area contributed by atoms with E-state index in [9.17, 15) is 4.79 Å². The smallest absolute Gasteiger partial charge is 0.244 e. The summed E-state index contributed by atoms with van der Waals surface area (Å²) >= 11 is 0. The minimum atomic E-state index is -0.584. The molecule has 0 saturated carbocycles. The van der Waals surface area contributed by atoms with E-state index in [4.69, 9.17) is 5.73 Å². The maximum Gasteiger partial charge on any atom is 0.244 e. The van der Waals surface area contributed by atoms with E-state index in [1.165, 1.54) is 0 Å². The molecule has 0 aliphatic carbocycles. The average molecular weight is 323 g/mol. The second-order valence-electron chi connectivity index (χ2n) is 6.20. The van der Waals surface area contributed by atoms with Gasteiger partial charge in [-0.15, -0.1) is 12.4 Å². The van der Waals surface area contributed by atoms with Gasteiger partial charge >= 0.3 is 0 Å². The van der Waals surface area contributed by atoms with Crippen LogP contribution in [0.4, 0.5) is 5.95 Å². The molecule has 22 heavy (non-hydrogen) atoms. The number of rotatable bonds is 4. The number of nitrogens with two attached hydrogens (primary N) is 1. The van der Waals surface area contributed by atoms with Gasteiger partial charge in [0.05, 0.1) is 12.6 Å². The van der Waals surface area contributed by atoms with Crippen molar-refractivity contribution in [2.24, 2.45) is 11.1 Å². The van der Waals surface area contributed by atoms with E-state index in [0.717, 1.165) is 5.56 Å². The Morgan fingerprint density at radius 1 is 1.32 bits per heavy atom. The largest absolute Gasteiger partial charge is 0.319 e. The van der Waals surface area contributed by atoms with Gasteiger partial charge in [-0.2, -0.15) is 0 Å². The zero-order chi connectivity index (χ0) is 15.5. The Labute approximate surface area is 137 Å². The molecule has 6 heteroatoms. The van der Waals surface area contributed by atoms with Crippen molar-refractivity contribution in [1.82, 2.24) is 9.55 Å². The Bertz CT molecular complexity index is 604. The second kappa shape index (κ2) is 7.42. The lowest BCUT2D eigenvalue weighted by atomic mass is 9.87. The molecule has 0 aliphatic rings. The van der Waals surface area contributed by atoms with Gasteiger partial charge in [0.15, 0.2) is 0 Å². The van der Waals surface area contributed by atoms with Crippen molar-refractivity contribution in [2.45, 2.75) is 33.4 Å². The minimum Gasteiger partial charge on any atom is -0.319 e. The highest BCUT2D eigenvalue weighted by Crippen LogP contribution is 2.19. The number of benzene rings is 1. The molecule has 1 aromatic heterocycles. The van der Waals surface area contributed by atoms with Crippen LogP contribution in [0.2, 0.25) is 0 Å². The van der Waals surface area contributed by atoms with Gasteiger partial charge in [-0.05, 0) is 11.0 Å². The molecule has 0 spiro atoms. The fraction of sp³-hybridized carbons (Fsp3) is 0.375. The quantitative estimate of drug-likeness (QED) is 0.909. The predicted molar refractivity (Wildman–Crippen MR) is 91.1 cm³/mol. The zero-order valence-corrected chi connectivity index (χ0v) is 13.9. The molecule has 0 unspecified atom stereocenters. The fourth-order valence-corrected chi connectivity index (χ4v) is 1.92. The number of hydrogen-bond donors (Lipinski definition) is 2. The molecule has 0 fully saturated rings. The maximum absolute atomic E-state index is 12.2. The molecular formula is C16H23ClN4O. The zero-order valence-electron chi connectivity index (χ0n) is 13.1. The first-order chi connectivity index (χ1) is 9.88. The van der Waals surface area contributed by atoms with E-state index in [2.05, 4.69) is 10.3 Å².